The van der Waals surface area contributed by atoms with Crippen molar-refractivity contribution in [3.8, 4) is 0 Å². The molecule has 20 heavy (non-hydrogen) atoms. The predicted molar refractivity (Wildman–Crippen MR) is 81.2 cm³/mol. The molecule has 0 aliphatic carbocycles. The molecule has 1 aromatic rings. The van der Waals surface area contributed by atoms with Crippen LogP contribution in [0.3, 0.4) is 0 Å². The van der Waals surface area contributed by atoms with Gasteiger partial charge in [0.25, 0.3) is 0 Å². The van der Waals surface area contributed by atoms with Crippen molar-refractivity contribution in [3.05, 3.63) is 29.3 Å². The minimum atomic E-state index is -3.41. The van der Waals surface area contributed by atoms with E-state index in [0.29, 0.717) is 4.90 Å². The van der Waals surface area contributed by atoms with Gasteiger partial charge in [0.2, 0.25) is 10.0 Å². The lowest BCUT2D eigenvalue weighted by molar-refractivity contribution is 0.532. The molecule has 2 rings (SSSR count). The number of sulfonamides is 1. The lowest BCUT2D eigenvalue weighted by Gasteiger charge is -2.21. The molecule has 0 saturated carbocycles. The number of nitrogens with one attached hydrogen (secondary N) is 2. The highest BCUT2D eigenvalue weighted by Crippen LogP contribution is 2.23. The first kappa shape index (κ1) is 15.5. The quantitative estimate of drug-likeness (QED) is 0.846. The van der Waals surface area contributed by atoms with Crippen molar-refractivity contribution in [2.24, 2.45) is 0 Å². The minimum absolute atomic E-state index is 0.0162. The molecule has 112 valence electrons. The Morgan fingerprint density at radius 1 is 1.40 bits per heavy atom. The Kier molecular flexibility index (Phi) is 5.18. The zero-order chi connectivity index (χ0) is 14.6. The van der Waals surface area contributed by atoms with E-state index in [0.717, 1.165) is 49.9 Å². The van der Waals surface area contributed by atoms with Crippen LogP contribution in [0.15, 0.2) is 23.1 Å². The maximum Gasteiger partial charge on any atom is 0.241 e. The van der Waals surface area contributed by atoms with Crippen LogP contribution in [0.5, 0.6) is 0 Å². The summed E-state index contributed by atoms with van der Waals surface area (Å²) in [5, 5.41) is 3.27. The van der Waals surface area contributed by atoms with Crippen LogP contribution in [0.1, 0.15) is 44.2 Å². The highest BCUT2D eigenvalue weighted by atomic mass is 32.2. The van der Waals surface area contributed by atoms with Crippen LogP contribution in [0.4, 0.5) is 0 Å². The van der Waals surface area contributed by atoms with Crippen LogP contribution in [0, 0.1) is 0 Å². The van der Waals surface area contributed by atoms with E-state index >= 15 is 0 Å². The standard InChI is InChI=1S/C15H24N2O2S/c1-3-4-6-12(2)17-20(18,19)15-8-5-7-13-11-16-10-9-14(13)15/h5,7-8,12,16-17H,3-4,6,9-11H2,1-2H3. The van der Waals surface area contributed by atoms with E-state index in [1.54, 1.807) is 6.07 Å². The molecule has 1 aliphatic rings. The first-order valence-corrected chi connectivity index (χ1v) is 8.86. The van der Waals surface area contributed by atoms with Gasteiger partial charge in [0.1, 0.15) is 0 Å². The molecule has 4 nitrogen and oxygen atoms in total. The summed E-state index contributed by atoms with van der Waals surface area (Å²) in [7, 11) is -3.41. The molecule has 0 spiro atoms. The molecule has 0 fully saturated rings. The van der Waals surface area contributed by atoms with E-state index in [9.17, 15) is 8.42 Å². The van der Waals surface area contributed by atoms with Gasteiger partial charge in [-0.1, -0.05) is 31.9 Å². The molecule has 2 N–H and O–H groups in total. The molecular weight excluding hydrogens is 272 g/mol. The van der Waals surface area contributed by atoms with Gasteiger partial charge in [-0.2, -0.15) is 0 Å². The normalized spacial score (nSPS) is 16.7. The second kappa shape index (κ2) is 6.70. The van der Waals surface area contributed by atoms with Crippen molar-refractivity contribution >= 4 is 10.0 Å². The lowest BCUT2D eigenvalue weighted by atomic mass is 10.0. The predicted octanol–water partition coefficient (Wildman–Crippen LogP) is 2.19. The molecule has 0 aromatic heterocycles. The molecule has 5 heteroatoms. The average Bonchev–Trinajstić information content (AvgIpc) is 2.44. The number of unbranched alkanes of at least 4 members (excludes halogenated alkanes) is 1. The van der Waals surface area contributed by atoms with Crippen molar-refractivity contribution in [2.75, 3.05) is 6.54 Å². The van der Waals surface area contributed by atoms with E-state index in [4.69, 9.17) is 0 Å². The molecular formula is C15H24N2O2S. The highest BCUT2D eigenvalue weighted by Gasteiger charge is 2.23. The maximum atomic E-state index is 12.5. The molecule has 0 saturated heterocycles. The molecule has 0 radical (unpaired) electrons. The summed E-state index contributed by atoms with van der Waals surface area (Å²) in [5.41, 5.74) is 2.07. The van der Waals surface area contributed by atoms with Gasteiger partial charge in [0.15, 0.2) is 0 Å². The van der Waals surface area contributed by atoms with Crippen LogP contribution >= 0.6 is 0 Å². The second-order valence-corrected chi connectivity index (χ2v) is 7.17. The third-order valence-electron chi connectivity index (χ3n) is 3.73. The first-order valence-electron chi connectivity index (χ1n) is 7.38. The number of hydrogen-bond donors (Lipinski definition) is 2. The molecule has 1 heterocycles. The van der Waals surface area contributed by atoms with E-state index < -0.39 is 10.0 Å². The summed E-state index contributed by atoms with van der Waals surface area (Å²) in [6.45, 7) is 5.64. The Morgan fingerprint density at radius 2 is 2.20 bits per heavy atom. The maximum absolute atomic E-state index is 12.5. The number of rotatable bonds is 6. The smallest absolute Gasteiger partial charge is 0.241 e. The molecule has 1 aliphatic heterocycles. The van der Waals surface area contributed by atoms with Crippen LogP contribution in [0.25, 0.3) is 0 Å². The van der Waals surface area contributed by atoms with Gasteiger partial charge in [0, 0.05) is 12.6 Å². The SMILES string of the molecule is CCCCC(C)NS(=O)(=O)c1cccc2c1CCNC2. The average molecular weight is 296 g/mol. The van der Waals surface area contributed by atoms with E-state index in [1.807, 2.05) is 19.1 Å². The molecule has 1 aromatic carbocycles. The fraction of sp³-hybridized carbons (Fsp3) is 0.600. The van der Waals surface area contributed by atoms with Crippen molar-refractivity contribution in [1.82, 2.24) is 10.0 Å². The van der Waals surface area contributed by atoms with Gasteiger partial charge in [-0.25, -0.2) is 13.1 Å². The van der Waals surface area contributed by atoms with Gasteiger partial charge in [0.05, 0.1) is 4.90 Å². The number of hydrogen-bond acceptors (Lipinski definition) is 3. The van der Waals surface area contributed by atoms with Crippen molar-refractivity contribution in [3.63, 3.8) is 0 Å². The fourth-order valence-electron chi connectivity index (χ4n) is 2.65. The summed E-state index contributed by atoms with van der Waals surface area (Å²) >= 11 is 0. The number of benzene rings is 1. The van der Waals surface area contributed by atoms with Crippen LogP contribution in [0.2, 0.25) is 0 Å². The van der Waals surface area contributed by atoms with Crippen LogP contribution in [-0.2, 0) is 23.0 Å². The highest BCUT2D eigenvalue weighted by molar-refractivity contribution is 7.89. The Morgan fingerprint density at radius 3 is 2.95 bits per heavy atom. The van der Waals surface area contributed by atoms with Gasteiger partial charge < -0.3 is 5.32 Å². The van der Waals surface area contributed by atoms with Gasteiger partial charge in [-0.3, -0.25) is 0 Å². The lowest BCUT2D eigenvalue weighted by Crippen LogP contribution is -2.34. The minimum Gasteiger partial charge on any atom is -0.312 e. The monoisotopic (exact) mass is 296 g/mol. The Labute approximate surface area is 122 Å². The van der Waals surface area contributed by atoms with Gasteiger partial charge >= 0.3 is 0 Å². The first-order chi connectivity index (χ1) is 9.54. The van der Waals surface area contributed by atoms with Gasteiger partial charge in [-0.05, 0) is 43.5 Å². The largest absolute Gasteiger partial charge is 0.312 e. The summed E-state index contributed by atoms with van der Waals surface area (Å²) < 4.78 is 27.9. The third kappa shape index (κ3) is 3.59. The summed E-state index contributed by atoms with van der Waals surface area (Å²) in [6, 6.07) is 5.54. The Bertz CT molecular complexity index is 555. The fourth-order valence-corrected chi connectivity index (χ4v) is 4.24. The Hall–Kier alpha value is -0.910. The zero-order valence-corrected chi connectivity index (χ0v) is 13.1. The molecule has 1 unspecified atom stereocenters. The van der Waals surface area contributed by atoms with E-state index in [-0.39, 0.29) is 6.04 Å². The van der Waals surface area contributed by atoms with Crippen LogP contribution < -0.4 is 10.0 Å². The van der Waals surface area contributed by atoms with Crippen molar-refractivity contribution in [2.45, 2.75) is 57.0 Å². The van der Waals surface area contributed by atoms with E-state index in [1.165, 1.54) is 0 Å². The van der Waals surface area contributed by atoms with E-state index in [2.05, 4.69) is 17.0 Å². The molecule has 0 amide bonds. The van der Waals surface area contributed by atoms with Crippen molar-refractivity contribution < 1.29 is 8.42 Å². The van der Waals surface area contributed by atoms with Gasteiger partial charge in [-0.15, -0.1) is 0 Å². The zero-order valence-electron chi connectivity index (χ0n) is 12.3. The molecule has 0 bridgehead atoms. The second-order valence-electron chi connectivity index (χ2n) is 5.49. The number of fused-ring (bicyclic) bond motifs is 1. The molecule has 1 atom stereocenters. The Balaban J connectivity index is 2.21. The summed E-state index contributed by atoms with van der Waals surface area (Å²) in [5.74, 6) is 0. The third-order valence-corrected chi connectivity index (χ3v) is 5.41. The van der Waals surface area contributed by atoms with Crippen molar-refractivity contribution in [1.29, 1.82) is 0 Å². The van der Waals surface area contributed by atoms with Crippen LogP contribution in [-0.4, -0.2) is 21.0 Å². The topological polar surface area (TPSA) is 58.2 Å². The summed E-state index contributed by atoms with van der Waals surface area (Å²) in [6.07, 6.45) is 3.78. The summed E-state index contributed by atoms with van der Waals surface area (Å²) in [4.78, 5) is 0.458.